The zero-order valence-electron chi connectivity index (χ0n) is 20.0. The lowest BCUT2D eigenvalue weighted by Gasteiger charge is -2.61. The molecule has 8 atom stereocenters. The van der Waals surface area contributed by atoms with Gasteiger partial charge in [0.1, 0.15) is 6.61 Å². The molecule has 0 aromatic rings. The summed E-state index contributed by atoms with van der Waals surface area (Å²) < 4.78 is 5.78. The fourth-order valence-corrected chi connectivity index (χ4v) is 8.00. The van der Waals surface area contributed by atoms with E-state index in [0.717, 1.165) is 12.0 Å². The van der Waals surface area contributed by atoms with Gasteiger partial charge in [-0.25, -0.2) is 0 Å². The summed E-state index contributed by atoms with van der Waals surface area (Å²) in [6.07, 6.45) is 5.34. The molecule has 0 aromatic heterocycles. The molecule has 0 saturated heterocycles. The second kappa shape index (κ2) is 8.41. The van der Waals surface area contributed by atoms with E-state index in [-0.39, 0.29) is 48.7 Å². The number of carboxylic acid groups (broad SMARTS) is 1. The Kier molecular flexibility index (Phi) is 6.13. The van der Waals surface area contributed by atoms with Crippen LogP contribution in [0.15, 0.2) is 23.8 Å². The quantitative estimate of drug-likeness (QED) is 0.498. The molecular formula is C26H34O8. The van der Waals surface area contributed by atoms with Crippen molar-refractivity contribution in [3.8, 4) is 0 Å². The Bertz CT molecular complexity index is 981. The number of allylic oxidation sites excluding steroid dienone is 4. The minimum Gasteiger partial charge on any atom is -0.481 e. The summed E-state index contributed by atoms with van der Waals surface area (Å²) in [5.74, 6) is -2.65. The zero-order valence-corrected chi connectivity index (χ0v) is 20.0. The molecule has 0 aliphatic heterocycles. The van der Waals surface area contributed by atoms with Gasteiger partial charge in [-0.2, -0.15) is 0 Å². The summed E-state index contributed by atoms with van der Waals surface area (Å²) in [5.41, 5.74) is -1.97. The average molecular weight is 475 g/mol. The molecule has 0 radical (unpaired) electrons. The first-order valence-electron chi connectivity index (χ1n) is 12.1. The predicted molar refractivity (Wildman–Crippen MR) is 120 cm³/mol. The number of ketones is 2. The summed E-state index contributed by atoms with van der Waals surface area (Å²) in [7, 11) is 0. The van der Waals surface area contributed by atoms with Crippen molar-refractivity contribution < 1.29 is 39.2 Å². The molecule has 34 heavy (non-hydrogen) atoms. The number of Topliss-reactive ketones (excluding diaryl/α,β-unsaturated/α-hetero) is 1. The van der Waals surface area contributed by atoms with Gasteiger partial charge in [0, 0.05) is 16.7 Å². The fraction of sp³-hybridized carbons (Fsp3) is 0.692. The number of ether oxygens (including phenoxy) is 1. The van der Waals surface area contributed by atoms with Crippen LogP contribution in [-0.2, 0) is 23.9 Å². The van der Waals surface area contributed by atoms with Crippen LogP contribution in [0.5, 0.6) is 0 Å². The first-order chi connectivity index (χ1) is 15.9. The number of aliphatic hydroxyl groups excluding tert-OH is 2. The molecule has 8 nitrogen and oxygen atoms in total. The lowest BCUT2D eigenvalue weighted by molar-refractivity contribution is -0.201. The van der Waals surface area contributed by atoms with Crippen molar-refractivity contribution in [1.29, 1.82) is 0 Å². The molecule has 4 aliphatic carbocycles. The lowest BCUT2D eigenvalue weighted by atomic mass is 9.44. The van der Waals surface area contributed by atoms with E-state index >= 15 is 0 Å². The second-order valence-corrected chi connectivity index (χ2v) is 11.1. The third-order valence-corrected chi connectivity index (χ3v) is 9.36. The maximum absolute atomic E-state index is 13.1. The fourth-order valence-electron chi connectivity index (χ4n) is 8.00. The number of esters is 1. The Balaban J connectivity index is 1.72. The third kappa shape index (κ3) is 3.49. The first kappa shape index (κ1) is 24.8. The van der Waals surface area contributed by atoms with Gasteiger partial charge in [0.05, 0.1) is 18.9 Å². The SMILES string of the molecule is C[C@H]1C[C@@H]2[C@H]([C@H](O)C[C@@]3(C)[C@H]2CC[C@]3(OC(=O)CCC(=O)O)C(=O)CO)[C@@]2(C)C=CC(=O)C=C12. The molecule has 0 spiro atoms. The molecule has 186 valence electrons. The van der Waals surface area contributed by atoms with Crippen LogP contribution in [0.3, 0.4) is 0 Å². The van der Waals surface area contributed by atoms with Crippen molar-refractivity contribution in [2.24, 2.45) is 34.5 Å². The summed E-state index contributed by atoms with van der Waals surface area (Å²) in [5, 5.41) is 30.3. The number of rotatable bonds is 6. The van der Waals surface area contributed by atoms with E-state index in [1.54, 1.807) is 12.2 Å². The van der Waals surface area contributed by atoms with Crippen molar-refractivity contribution >= 4 is 23.5 Å². The highest BCUT2D eigenvalue weighted by Crippen LogP contribution is 2.68. The van der Waals surface area contributed by atoms with Crippen LogP contribution < -0.4 is 0 Å². The number of aliphatic carboxylic acids is 1. The Morgan fingerprint density at radius 2 is 1.91 bits per heavy atom. The topological polar surface area (TPSA) is 138 Å². The molecule has 3 fully saturated rings. The number of fused-ring (bicyclic) bond motifs is 5. The number of carboxylic acids is 1. The number of hydrogen-bond donors (Lipinski definition) is 3. The predicted octanol–water partition coefficient (Wildman–Crippen LogP) is 2.22. The molecule has 4 aliphatic rings. The van der Waals surface area contributed by atoms with Crippen molar-refractivity contribution in [3.05, 3.63) is 23.8 Å². The third-order valence-electron chi connectivity index (χ3n) is 9.36. The Morgan fingerprint density at radius 1 is 1.21 bits per heavy atom. The van der Waals surface area contributed by atoms with Crippen LogP contribution in [-0.4, -0.2) is 57.1 Å². The molecule has 0 amide bonds. The van der Waals surface area contributed by atoms with Crippen molar-refractivity contribution in [3.63, 3.8) is 0 Å². The van der Waals surface area contributed by atoms with E-state index in [0.29, 0.717) is 6.42 Å². The van der Waals surface area contributed by atoms with Crippen LogP contribution in [0.2, 0.25) is 0 Å². The van der Waals surface area contributed by atoms with E-state index in [9.17, 15) is 29.4 Å². The second-order valence-electron chi connectivity index (χ2n) is 11.1. The zero-order chi connectivity index (χ0) is 25.1. The number of aliphatic hydroxyl groups is 2. The lowest BCUT2D eigenvalue weighted by Crippen LogP contribution is -2.63. The van der Waals surface area contributed by atoms with E-state index in [1.165, 1.54) is 0 Å². The minimum atomic E-state index is -1.60. The molecule has 0 bridgehead atoms. The standard InChI is InChI=1S/C26H34O8/c1-14-10-16-17-7-9-26(20(30)13-27,34-22(33)5-4-21(31)32)25(17,3)12-19(29)23(16)24(2)8-6-15(28)11-18(14)24/h6,8,11,14,16-17,19,23,27,29H,4-5,7,9-10,12-13H2,1-3H3,(H,31,32)/t14-,16-,17-,19+,23+,24-,25-,26-/m0/s1. The van der Waals surface area contributed by atoms with Gasteiger partial charge in [0.15, 0.2) is 11.4 Å². The molecule has 0 heterocycles. The van der Waals surface area contributed by atoms with Gasteiger partial charge in [-0.05, 0) is 55.6 Å². The number of carbonyl (C=O) groups excluding carboxylic acids is 3. The van der Waals surface area contributed by atoms with Crippen molar-refractivity contribution in [2.45, 2.75) is 71.0 Å². The maximum Gasteiger partial charge on any atom is 0.307 e. The van der Waals surface area contributed by atoms with Crippen LogP contribution in [0, 0.1) is 34.5 Å². The van der Waals surface area contributed by atoms with Gasteiger partial charge in [-0.3, -0.25) is 19.2 Å². The molecule has 3 N–H and O–H groups in total. The highest BCUT2D eigenvalue weighted by atomic mass is 16.6. The number of carbonyl (C=O) groups is 4. The van der Waals surface area contributed by atoms with Crippen LogP contribution in [0.1, 0.15) is 59.3 Å². The Hall–Kier alpha value is -2.32. The van der Waals surface area contributed by atoms with E-state index in [4.69, 9.17) is 9.84 Å². The van der Waals surface area contributed by atoms with Crippen LogP contribution >= 0.6 is 0 Å². The van der Waals surface area contributed by atoms with Gasteiger partial charge < -0.3 is 20.1 Å². The van der Waals surface area contributed by atoms with Crippen molar-refractivity contribution in [1.82, 2.24) is 0 Å². The normalized spacial score (nSPS) is 42.8. The molecule has 0 unspecified atom stereocenters. The van der Waals surface area contributed by atoms with Gasteiger partial charge >= 0.3 is 11.9 Å². The molecule has 8 heteroatoms. The molecule has 4 rings (SSSR count). The van der Waals surface area contributed by atoms with Gasteiger partial charge in [0.2, 0.25) is 5.78 Å². The largest absolute Gasteiger partial charge is 0.481 e. The number of hydrogen-bond acceptors (Lipinski definition) is 7. The van der Waals surface area contributed by atoms with E-state index in [2.05, 4.69) is 13.8 Å². The molecule has 3 saturated carbocycles. The maximum atomic E-state index is 13.1. The minimum absolute atomic E-state index is 0.0230. The monoisotopic (exact) mass is 474 g/mol. The summed E-state index contributed by atoms with van der Waals surface area (Å²) >= 11 is 0. The molecule has 0 aromatic carbocycles. The van der Waals surface area contributed by atoms with E-state index in [1.807, 2.05) is 13.0 Å². The van der Waals surface area contributed by atoms with Gasteiger partial charge in [-0.1, -0.05) is 32.4 Å². The van der Waals surface area contributed by atoms with Gasteiger partial charge in [0.25, 0.3) is 0 Å². The van der Waals surface area contributed by atoms with Crippen molar-refractivity contribution in [2.75, 3.05) is 6.61 Å². The van der Waals surface area contributed by atoms with E-state index < -0.39 is 53.3 Å². The highest BCUT2D eigenvalue weighted by molar-refractivity contribution is 6.01. The summed E-state index contributed by atoms with van der Waals surface area (Å²) in [4.78, 5) is 48.8. The Labute approximate surface area is 199 Å². The average Bonchev–Trinajstić information content (AvgIpc) is 3.05. The summed E-state index contributed by atoms with van der Waals surface area (Å²) in [6.45, 7) is 5.21. The molecular weight excluding hydrogens is 440 g/mol. The summed E-state index contributed by atoms with van der Waals surface area (Å²) in [6, 6.07) is 0. The highest BCUT2D eigenvalue weighted by Gasteiger charge is 2.70. The van der Waals surface area contributed by atoms with Gasteiger partial charge in [-0.15, -0.1) is 0 Å². The smallest absolute Gasteiger partial charge is 0.307 e. The first-order valence-corrected chi connectivity index (χ1v) is 12.1. The Morgan fingerprint density at radius 3 is 2.56 bits per heavy atom. The van der Waals surface area contributed by atoms with Crippen LogP contribution in [0.4, 0.5) is 0 Å². The van der Waals surface area contributed by atoms with Crippen LogP contribution in [0.25, 0.3) is 0 Å².